The lowest BCUT2D eigenvalue weighted by atomic mass is 9.87. The molecule has 1 N–H and O–H groups in total. The molecule has 3 aromatic carbocycles. The molecule has 1 fully saturated rings. The van der Waals surface area contributed by atoms with E-state index in [1.807, 2.05) is 30.3 Å². The maximum absolute atomic E-state index is 12.9. The molecule has 4 nitrogen and oxygen atoms in total. The van der Waals surface area contributed by atoms with Gasteiger partial charge in [0.2, 0.25) is 0 Å². The standard InChI is InChI=1S/C32H33F4NO3/c1-21-18-24(8-13-30(21)40-32(34,35)36)28-5-2-4-23-19-25(38)9-12-29(23)31(28)22-6-10-26(11-7-22)39-27-14-17-37(20-27)16-3-15-33/h6-13,18-19,27,38H,2-5,14-17,20H2,1H3. The van der Waals surface area contributed by atoms with Gasteiger partial charge in [0.15, 0.2) is 0 Å². The molecule has 2 aliphatic rings. The van der Waals surface area contributed by atoms with Crippen molar-refractivity contribution in [2.24, 2.45) is 0 Å². The molecule has 1 heterocycles. The molecule has 1 saturated heterocycles. The molecule has 8 heteroatoms. The summed E-state index contributed by atoms with van der Waals surface area (Å²) in [6.07, 6.45) is -0.942. The first-order valence-electron chi connectivity index (χ1n) is 13.7. The third-order valence-corrected chi connectivity index (χ3v) is 7.56. The summed E-state index contributed by atoms with van der Waals surface area (Å²) in [4.78, 5) is 2.22. The molecular weight excluding hydrogens is 522 g/mol. The minimum Gasteiger partial charge on any atom is -0.508 e. The van der Waals surface area contributed by atoms with Crippen molar-refractivity contribution in [3.8, 4) is 17.2 Å². The zero-order chi connectivity index (χ0) is 28.3. The van der Waals surface area contributed by atoms with E-state index in [2.05, 4.69) is 9.64 Å². The molecule has 0 spiro atoms. The van der Waals surface area contributed by atoms with Gasteiger partial charge in [0.05, 0.1) is 6.67 Å². The number of aromatic hydroxyl groups is 1. The molecule has 1 aliphatic carbocycles. The van der Waals surface area contributed by atoms with Crippen LogP contribution in [-0.2, 0) is 6.42 Å². The van der Waals surface area contributed by atoms with Crippen molar-refractivity contribution >= 4 is 11.1 Å². The highest BCUT2D eigenvalue weighted by molar-refractivity contribution is 6.00. The number of phenols is 1. The lowest BCUT2D eigenvalue weighted by Gasteiger charge is -2.19. The van der Waals surface area contributed by atoms with E-state index >= 15 is 0 Å². The maximum Gasteiger partial charge on any atom is 0.573 e. The lowest BCUT2D eigenvalue weighted by Crippen LogP contribution is -2.26. The molecule has 0 radical (unpaired) electrons. The average Bonchev–Trinajstić information content (AvgIpc) is 3.27. The number of hydrogen-bond acceptors (Lipinski definition) is 4. The molecule has 3 aromatic rings. The summed E-state index contributed by atoms with van der Waals surface area (Å²) >= 11 is 0. The highest BCUT2D eigenvalue weighted by Crippen LogP contribution is 2.42. The summed E-state index contributed by atoms with van der Waals surface area (Å²) < 4.78 is 61.5. The van der Waals surface area contributed by atoms with Crippen molar-refractivity contribution in [2.75, 3.05) is 26.3 Å². The van der Waals surface area contributed by atoms with Crippen molar-refractivity contribution in [1.82, 2.24) is 4.90 Å². The van der Waals surface area contributed by atoms with Gasteiger partial charge in [-0.05, 0) is 114 Å². The van der Waals surface area contributed by atoms with Crippen molar-refractivity contribution in [3.63, 3.8) is 0 Å². The van der Waals surface area contributed by atoms with Gasteiger partial charge in [0.25, 0.3) is 0 Å². The van der Waals surface area contributed by atoms with Crippen molar-refractivity contribution in [3.05, 3.63) is 88.5 Å². The van der Waals surface area contributed by atoms with Gasteiger partial charge in [-0.15, -0.1) is 13.2 Å². The fraction of sp³-hybridized carbons (Fsp3) is 0.375. The Hall–Kier alpha value is -3.52. The van der Waals surface area contributed by atoms with Crippen molar-refractivity contribution in [1.29, 1.82) is 0 Å². The van der Waals surface area contributed by atoms with E-state index in [-0.39, 0.29) is 24.3 Å². The normalized spacial score (nSPS) is 18.0. The number of halogens is 4. The molecule has 0 amide bonds. The van der Waals surface area contributed by atoms with Crippen molar-refractivity contribution < 1.29 is 32.1 Å². The van der Waals surface area contributed by atoms with E-state index in [1.165, 1.54) is 6.07 Å². The van der Waals surface area contributed by atoms with E-state index in [0.717, 1.165) is 84.5 Å². The summed E-state index contributed by atoms with van der Waals surface area (Å²) in [6.45, 7) is 3.72. The molecule has 1 aliphatic heterocycles. The number of alkyl halides is 4. The number of nitrogens with zero attached hydrogens (tertiary/aromatic N) is 1. The topological polar surface area (TPSA) is 41.9 Å². The number of hydrogen-bond donors (Lipinski definition) is 1. The summed E-state index contributed by atoms with van der Waals surface area (Å²) in [6, 6.07) is 18.1. The first-order valence-corrected chi connectivity index (χ1v) is 13.7. The second-order valence-electron chi connectivity index (χ2n) is 10.5. The largest absolute Gasteiger partial charge is 0.573 e. The summed E-state index contributed by atoms with van der Waals surface area (Å²) in [5.74, 6) is 0.744. The monoisotopic (exact) mass is 555 g/mol. The summed E-state index contributed by atoms with van der Waals surface area (Å²) in [7, 11) is 0. The van der Waals surface area contributed by atoms with Crippen LogP contribution in [0.1, 0.15) is 53.5 Å². The quantitative estimate of drug-likeness (QED) is 0.289. The van der Waals surface area contributed by atoms with Crippen molar-refractivity contribution in [2.45, 2.75) is 51.5 Å². The van der Waals surface area contributed by atoms with Crippen LogP contribution in [0.4, 0.5) is 17.6 Å². The van der Waals surface area contributed by atoms with Gasteiger partial charge >= 0.3 is 6.36 Å². The van der Waals surface area contributed by atoms with Crippen LogP contribution in [0.25, 0.3) is 11.1 Å². The molecule has 0 saturated carbocycles. The number of aryl methyl sites for hydroxylation is 2. The highest BCUT2D eigenvalue weighted by atomic mass is 19.4. The molecule has 5 rings (SSSR count). The number of rotatable bonds is 8. The van der Waals surface area contributed by atoms with Gasteiger partial charge in [0.1, 0.15) is 23.4 Å². The van der Waals surface area contributed by atoms with Gasteiger partial charge in [0, 0.05) is 19.6 Å². The molecule has 1 unspecified atom stereocenters. The number of likely N-dealkylation sites (tertiary alicyclic amines) is 1. The number of ether oxygens (including phenoxy) is 2. The van der Waals surface area contributed by atoms with Crippen LogP contribution < -0.4 is 9.47 Å². The summed E-state index contributed by atoms with van der Waals surface area (Å²) in [5.41, 5.74) is 6.23. The summed E-state index contributed by atoms with van der Waals surface area (Å²) in [5, 5.41) is 10.2. The van der Waals surface area contributed by atoms with Gasteiger partial charge in [-0.2, -0.15) is 0 Å². The van der Waals surface area contributed by atoms with E-state index in [1.54, 1.807) is 31.2 Å². The van der Waals surface area contributed by atoms with E-state index < -0.39 is 6.36 Å². The molecule has 0 aromatic heterocycles. The Balaban J connectivity index is 1.48. The van der Waals surface area contributed by atoms with Gasteiger partial charge in [-0.1, -0.05) is 24.3 Å². The smallest absolute Gasteiger partial charge is 0.508 e. The van der Waals surface area contributed by atoms with Crippen LogP contribution in [0.2, 0.25) is 0 Å². The minimum atomic E-state index is -4.76. The SMILES string of the molecule is Cc1cc(C2=C(c3ccc(OC4CCN(CCCF)C4)cc3)c3ccc(O)cc3CCC2)ccc1OC(F)(F)F. The van der Waals surface area contributed by atoms with Crippen LogP contribution in [0, 0.1) is 6.92 Å². The highest BCUT2D eigenvalue weighted by Gasteiger charge is 2.32. The molecule has 0 bridgehead atoms. The third-order valence-electron chi connectivity index (χ3n) is 7.56. The van der Waals surface area contributed by atoms with Gasteiger partial charge < -0.3 is 14.6 Å². The van der Waals surface area contributed by atoms with Crippen LogP contribution >= 0.6 is 0 Å². The zero-order valence-corrected chi connectivity index (χ0v) is 22.4. The number of allylic oxidation sites excluding steroid dienone is 1. The Morgan fingerprint density at radius 3 is 2.48 bits per heavy atom. The molecule has 212 valence electrons. The predicted molar refractivity (Wildman–Crippen MR) is 147 cm³/mol. The Bertz CT molecular complexity index is 1370. The average molecular weight is 556 g/mol. The van der Waals surface area contributed by atoms with E-state index in [0.29, 0.717) is 12.0 Å². The van der Waals surface area contributed by atoms with E-state index in [4.69, 9.17) is 4.74 Å². The fourth-order valence-electron chi connectivity index (χ4n) is 5.74. The first kappa shape index (κ1) is 28.0. The Kier molecular flexibility index (Phi) is 8.35. The molecule has 1 atom stereocenters. The minimum absolute atomic E-state index is 0.0576. The first-order chi connectivity index (χ1) is 19.2. The van der Waals surface area contributed by atoms with E-state index in [9.17, 15) is 22.7 Å². The third kappa shape index (κ3) is 6.61. The van der Waals surface area contributed by atoms with Crippen LogP contribution in [0.5, 0.6) is 17.2 Å². The molecule has 40 heavy (non-hydrogen) atoms. The Labute approximate surface area is 231 Å². The second kappa shape index (κ2) is 11.9. The fourth-order valence-corrected chi connectivity index (χ4v) is 5.74. The zero-order valence-electron chi connectivity index (χ0n) is 22.4. The number of benzene rings is 3. The van der Waals surface area contributed by atoms with Crippen LogP contribution in [0.3, 0.4) is 0 Å². The van der Waals surface area contributed by atoms with Crippen LogP contribution in [-0.4, -0.2) is 48.8 Å². The lowest BCUT2D eigenvalue weighted by molar-refractivity contribution is -0.274. The van der Waals surface area contributed by atoms with Gasteiger partial charge in [-0.25, -0.2) is 0 Å². The second-order valence-corrected chi connectivity index (χ2v) is 10.5. The number of fused-ring (bicyclic) bond motifs is 1. The van der Waals surface area contributed by atoms with Gasteiger partial charge in [-0.3, -0.25) is 9.29 Å². The van der Waals surface area contributed by atoms with Crippen LogP contribution in [0.15, 0.2) is 60.7 Å². The Morgan fingerprint density at radius 1 is 0.975 bits per heavy atom. The number of phenolic OH excluding ortho intramolecular Hbond substituents is 1. The Morgan fingerprint density at radius 2 is 1.75 bits per heavy atom. The molecular formula is C32H33F4NO3. The maximum atomic E-state index is 12.9. The predicted octanol–water partition coefficient (Wildman–Crippen LogP) is 7.71.